The first-order chi connectivity index (χ1) is 15.9. The molecule has 1 amide bonds. The lowest BCUT2D eigenvalue weighted by Crippen LogP contribution is -2.13. The molecular weight excluding hydrogens is 504 g/mol. The molecule has 3 aromatic carbocycles. The molecule has 3 rings (SSSR count). The fourth-order valence-corrected chi connectivity index (χ4v) is 3.78. The molecule has 33 heavy (non-hydrogen) atoms. The zero-order chi connectivity index (χ0) is 23.8. The molecule has 0 aliphatic rings. The third kappa shape index (κ3) is 6.85. The van der Waals surface area contributed by atoms with Gasteiger partial charge in [0.25, 0.3) is 5.91 Å². The van der Waals surface area contributed by atoms with Gasteiger partial charge >= 0.3 is 0 Å². The Bertz CT molecular complexity index is 1230. The van der Waals surface area contributed by atoms with E-state index in [1.54, 1.807) is 30.3 Å². The first-order valence-corrected chi connectivity index (χ1v) is 11.4. The van der Waals surface area contributed by atoms with Crippen LogP contribution in [0.2, 0.25) is 5.02 Å². The van der Waals surface area contributed by atoms with Crippen molar-refractivity contribution in [1.82, 2.24) is 0 Å². The Balaban J connectivity index is 1.85. The van der Waals surface area contributed by atoms with Crippen LogP contribution in [0.3, 0.4) is 0 Å². The number of aryl methyl sites for hydroxylation is 1. The van der Waals surface area contributed by atoms with Gasteiger partial charge in [-0.15, -0.1) is 0 Å². The summed E-state index contributed by atoms with van der Waals surface area (Å²) in [6, 6.07) is 20.4. The number of nitriles is 1. The zero-order valence-corrected chi connectivity index (χ0v) is 20.5. The van der Waals surface area contributed by atoms with E-state index in [1.807, 2.05) is 50.2 Å². The molecule has 0 saturated carbocycles. The van der Waals surface area contributed by atoms with Crippen molar-refractivity contribution in [2.24, 2.45) is 0 Å². The van der Waals surface area contributed by atoms with Crippen molar-refractivity contribution in [1.29, 1.82) is 5.26 Å². The average molecular weight is 526 g/mol. The van der Waals surface area contributed by atoms with Crippen molar-refractivity contribution in [3.63, 3.8) is 0 Å². The van der Waals surface area contributed by atoms with Crippen molar-refractivity contribution in [2.45, 2.75) is 20.5 Å². The van der Waals surface area contributed by atoms with Gasteiger partial charge in [0, 0.05) is 10.2 Å². The number of nitrogens with one attached hydrogen (secondary N) is 1. The van der Waals surface area contributed by atoms with Crippen LogP contribution in [-0.2, 0) is 11.4 Å². The maximum absolute atomic E-state index is 12.6. The summed E-state index contributed by atoms with van der Waals surface area (Å²) in [5, 5.41) is 12.6. The van der Waals surface area contributed by atoms with Gasteiger partial charge < -0.3 is 14.8 Å². The minimum Gasteiger partial charge on any atom is -0.490 e. The van der Waals surface area contributed by atoms with E-state index >= 15 is 0 Å². The molecular formula is C26H22BrClN2O3. The number of carbonyl (C=O) groups is 1. The van der Waals surface area contributed by atoms with E-state index in [0.717, 1.165) is 15.6 Å². The van der Waals surface area contributed by atoms with Gasteiger partial charge in [0.15, 0.2) is 11.5 Å². The first kappa shape index (κ1) is 24.4. The van der Waals surface area contributed by atoms with Crippen molar-refractivity contribution >= 4 is 45.2 Å². The van der Waals surface area contributed by atoms with E-state index in [4.69, 9.17) is 21.1 Å². The fraction of sp³-hybridized carbons (Fsp3) is 0.154. The second-order valence-electron chi connectivity index (χ2n) is 7.18. The SMILES string of the molecule is CCOc1cc(/C=C(/C#N)C(=O)Nc2cccc(Br)c2)cc(Cl)c1OCc1cccc(C)c1. The third-order valence-electron chi connectivity index (χ3n) is 4.56. The van der Waals surface area contributed by atoms with E-state index in [1.165, 1.54) is 6.08 Å². The van der Waals surface area contributed by atoms with E-state index in [-0.39, 0.29) is 5.57 Å². The predicted octanol–water partition coefficient (Wildman–Crippen LogP) is 6.93. The van der Waals surface area contributed by atoms with Crippen molar-refractivity contribution in [3.05, 3.63) is 92.4 Å². The smallest absolute Gasteiger partial charge is 0.266 e. The van der Waals surface area contributed by atoms with Gasteiger partial charge in [-0.3, -0.25) is 4.79 Å². The van der Waals surface area contributed by atoms with Crippen molar-refractivity contribution in [2.75, 3.05) is 11.9 Å². The Kier molecular flexibility index (Phi) is 8.53. The molecule has 0 fully saturated rings. The molecule has 1 N–H and O–H groups in total. The Morgan fingerprint density at radius 2 is 1.94 bits per heavy atom. The third-order valence-corrected chi connectivity index (χ3v) is 5.33. The molecule has 0 radical (unpaired) electrons. The summed E-state index contributed by atoms with van der Waals surface area (Å²) >= 11 is 9.86. The summed E-state index contributed by atoms with van der Waals surface area (Å²) in [6.45, 7) is 4.60. The quantitative estimate of drug-likeness (QED) is 0.256. The average Bonchev–Trinajstić information content (AvgIpc) is 2.77. The van der Waals surface area contributed by atoms with Gasteiger partial charge in [0.1, 0.15) is 18.2 Å². The highest BCUT2D eigenvalue weighted by molar-refractivity contribution is 9.10. The molecule has 7 heteroatoms. The number of rotatable bonds is 8. The second kappa shape index (κ2) is 11.6. The molecule has 0 spiro atoms. The van der Waals surface area contributed by atoms with Crippen LogP contribution in [0.4, 0.5) is 5.69 Å². The topological polar surface area (TPSA) is 71.3 Å². The number of hydrogen-bond donors (Lipinski definition) is 1. The standard InChI is InChI=1S/C26H22BrClN2O3/c1-3-32-24-13-19(11-20(15-29)26(31)30-22-9-5-8-21(27)14-22)12-23(28)25(24)33-16-18-7-4-6-17(2)10-18/h4-14H,3,16H2,1-2H3,(H,30,31)/b20-11-. The molecule has 0 atom stereocenters. The van der Waals surface area contributed by atoms with Gasteiger partial charge in [0.2, 0.25) is 0 Å². The number of halogens is 2. The molecule has 0 aliphatic heterocycles. The molecule has 5 nitrogen and oxygen atoms in total. The van der Waals surface area contributed by atoms with Crippen LogP contribution in [0.25, 0.3) is 6.08 Å². The van der Waals surface area contributed by atoms with Crippen molar-refractivity contribution < 1.29 is 14.3 Å². The van der Waals surface area contributed by atoms with Gasteiger partial charge in [-0.2, -0.15) is 5.26 Å². The maximum Gasteiger partial charge on any atom is 0.266 e. The monoisotopic (exact) mass is 524 g/mol. The highest BCUT2D eigenvalue weighted by Gasteiger charge is 2.15. The molecule has 0 heterocycles. The van der Waals surface area contributed by atoms with E-state index in [0.29, 0.717) is 41.0 Å². The van der Waals surface area contributed by atoms with Gasteiger partial charge in [-0.05, 0) is 61.4 Å². The number of carbonyl (C=O) groups excluding carboxylic acids is 1. The van der Waals surface area contributed by atoms with Crippen LogP contribution >= 0.6 is 27.5 Å². The lowest BCUT2D eigenvalue weighted by atomic mass is 10.1. The number of ether oxygens (including phenoxy) is 2. The number of amides is 1. The summed E-state index contributed by atoms with van der Waals surface area (Å²) < 4.78 is 12.5. The van der Waals surface area contributed by atoms with E-state index in [2.05, 4.69) is 21.2 Å². The van der Waals surface area contributed by atoms with Crippen LogP contribution in [0.15, 0.2) is 70.7 Å². The maximum atomic E-state index is 12.6. The summed E-state index contributed by atoms with van der Waals surface area (Å²) in [4.78, 5) is 12.6. The number of benzene rings is 3. The van der Waals surface area contributed by atoms with Gasteiger partial charge in [-0.25, -0.2) is 0 Å². The molecule has 0 saturated heterocycles. The summed E-state index contributed by atoms with van der Waals surface area (Å²) in [6.07, 6.45) is 1.46. The first-order valence-electron chi connectivity index (χ1n) is 10.2. The van der Waals surface area contributed by atoms with Crippen LogP contribution in [0.1, 0.15) is 23.6 Å². The Hall–Kier alpha value is -3.27. The van der Waals surface area contributed by atoms with Crippen molar-refractivity contribution in [3.8, 4) is 17.6 Å². The van der Waals surface area contributed by atoms with Gasteiger partial charge in [0.05, 0.1) is 11.6 Å². The lowest BCUT2D eigenvalue weighted by molar-refractivity contribution is -0.112. The fourth-order valence-electron chi connectivity index (χ4n) is 3.11. The Labute approximate surface area is 206 Å². The number of hydrogen-bond acceptors (Lipinski definition) is 4. The molecule has 0 bridgehead atoms. The highest BCUT2D eigenvalue weighted by atomic mass is 79.9. The second-order valence-corrected chi connectivity index (χ2v) is 8.50. The van der Waals surface area contributed by atoms with Crippen LogP contribution < -0.4 is 14.8 Å². The Morgan fingerprint density at radius 1 is 1.15 bits per heavy atom. The van der Waals surface area contributed by atoms with E-state index < -0.39 is 5.91 Å². The zero-order valence-electron chi connectivity index (χ0n) is 18.2. The van der Waals surface area contributed by atoms with Crippen LogP contribution in [0, 0.1) is 18.3 Å². The summed E-state index contributed by atoms with van der Waals surface area (Å²) in [5.74, 6) is 0.326. The summed E-state index contributed by atoms with van der Waals surface area (Å²) in [7, 11) is 0. The minimum atomic E-state index is -0.524. The minimum absolute atomic E-state index is 0.0677. The van der Waals surface area contributed by atoms with Crippen LogP contribution in [0.5, 0.6) is 11.5 Å². The normalized spacial score (nSPS) is 10.9. The Morgan fingerprint density at radius 3 is 2.64 bits per heavy atom. The predicted molar refractivity (Wildman–Crippen MR) is 134 cm³/mol. The summed E-state index contributed by atoms with van der Waals surface area (Å²) in [5.41, 5.74) is 3.20. The molecule has 0 aliphatic carbocycles. The number of anilines is 1. The van der Waals surface area contributed by atoms with Gasteiger partial charge in [-0.1, -0.05) is 63.4 Å². The number of nitrogens with zero attached hydrogens (tertiary/aromatic N) is 1. The highest BCUT2D eigenvalue weighted by Crippen LogP contribution is 2.38. The lowest BCUT2D eigenvalue weighted by Gasteiger charge is -2.15. The largest absolute Gasteiger partial charge is 0.490 e. The molecule has 3 aromatic rings. The molecule has 0 aromatic heterocycles. The molecule has 0 unspecified atom stereocenters. The van der Waals surface area contributed by atoms with E-state index in [9.17, 15) is 10.1 Å². The molecule has 168 valence electrons. The van der Waals surface area contributed by atoms with Crippen LogP contribution in [-0.4, -0.2) is 12.5 Å².